The van der Waals surface area contributed by atoms with E-state index in [4.69, 9.17) is 63.4 Å². The molecule has 12 atom stereocenters. The molecule has 4 rings (SSSR count). The van der Waals surface area contributed by atoms with Crippen LogP contribution < -0.4 is 10.6 Å². The van der Waals surface area contributed by atoms with Crippen molar-refractivity contribution in [3.05, 3.63) is 0 Å². The molecule has 2 heterocycles. The van der Waals surface area contributed by atoms with Crippen LogP contribution in [0.5, 0.6) is 0 Å². The summed E-state index contributed by atoms with van der Waals surface area (Å²) in [6.07, 6.45) is 5.05. The van der Waals surface area contributed by atoms with Gasteiger partial charge in [0.15, 0.2) is 0 Å². The topological polar surface area (TPSA) is 64.5 Å². The number of alkyl halides is 4. The predicted molar refractivity (Wildman–Crippen MR) is 130 cm³/mol. The third kappa shape index (κ3) is 8.24. The van der Waals surface area contributed by atoms with Crippen molar-refractivity contribution in [1.29, 1.82) is 0 Å². The molecule has 11 heteroatoms. The van der Waals surface area contributed by atoms with Crippen LogP contribution in [0.2, 0.25) is 0 Å². The van der Waals surface area contributed by atoms with Gasteiger partial charge in [0.25, 0.3) is 0 Å². The fourth-order valence-corrected chi connectivity index (χ4v) is 7.17. The van der Waals surface area contributed by atoms with Gasteiger partial charge in [0.05, 0.1) is 23.0 Å². The van der Waals surface area contributed by atoms with Gasteiger partial charge in [-0.05, 0) is 64.2 Å². The van der Waals surface area contributed by atoms with Crippen molar-refractivity contribution in [1.82, 2.24) is 10.6 Å². The Morgan fingerprint density at radius 3 is 1.29 bits per heavy atom. The third-order valence-corrected chi connectivity index (χ3v) is 8.93. The average molecular weight is 638 g/mol. The molecule has 4 aliphatic rings. The molecule has 0 radical (unpaired) electrons. The molecule has 4 N–H and O–H groups in total. The summed E-state index contributed by atoms with van der Waals surface area (Å²) in [7, 11) is 9.87. The first kappa shape index (κ1) is 29.7. The van der Waals surface area contributed by atoms with Gasteiger partial charge in [-0.15, -0.1) is 46.4 Å². The maximum absolute atomic E-state index is 9.96. The Morgan fingerprint density at radius 1 is 0.645 bits per heavy atom. The van der Waals surface area contributed by atoms with Gasteiger partial charge in [0, 0.05) is 34.9 Å². The summed E-state index contributed by atoms with van der Waals surface area (Å²) < 4.78 is 0. The molecule has 2 aliphatic heterocycles. The second-order valence-electron chi connectivity index (χ2n) is 9.26. The van der Waals surface area contributed by atoms with Crippen LogP contribution in [-0.4, -0.2) is 68.1 Å². The molecule has 0 aromatic carbocycles. The van der Waals surface area contributed by atoms with Crippen LogP contribution in [0, 0.1) is 11.8 Å². The number of nitrogens with one attached hydrogen (secondary N) is 2. The van der Waals surface area contributed by atoms with E-state index in [1.807, 2.05) is 0 Å². The van der Waals surface area contributed by atoms with E-state index in [0.29, 0.717) is 23.9 Å². The normalized spacial score (nSPS) is 49.2. The molecule has 0 spiro atoms. The SMILES string of the molecule is CC1CCC2C(Cl)CC(Cl)C(O)C2N1.CC1CCC2C(Cl)CC(Cl)C(O)C2N1.[Cl][Zr][Cl]. The monoisotopic (exact) mass is 634 g/mol. The Kier molecular flexibility index (Phi) is 13.7. The van der Waals surface area contributed by atoms with Crippen molar-refractivity contribution in [2.75, 3.05) is 0 Å². The van der Waals surface area contributed by atoms with Crippen molar-refractivity contribution in [3.8, 4) is 0 Å². The van der Waals surface area contributed by atoms with Gasteiger partial charge in [0.1, 0.15) is 0 Å². The Balaban J connectivity index is 0.000000196. The molecule has 4 fully saturated rings. The molecule has 182 valence electrons. The van der Waals surface area contributed by atoms with Crippen LogP contribution in [0.25, 0.3) is 0 Å². The van der Waals surface area contributed by atoms with Crippen LogP contribution >= 0.6 is 63.4 Å². The maximum atomic E-state index is 9.96. The van der Waals surface area contributed by atoms with Crippen molar-refractivity contribution >= 4 is 63.4 Å². The third-order valence-electron chi connectivity index (χ3n) is 7.05. The summed E-state index contributed by atoms with van der Waals surface area (Å²) in [4.78, 5) is 0. The zero-order valence-electron chi connectivity index (χ0n) is 17.8. The molecule has 0 amide bonds. The number of hydrogen-bond donors (Lipinski definition) is 4. The minimum atomic E-state index is -0.826. The van der Waals surface area contributed by atoms with Crippen LogP contribution in [0.3, 0.4) is 0 Å². The van der Waals surface area contributed by atoms with Crippen molar-refractivity contribution in [3.63, 3.8) is 0 Å². The Morgan fingerprint density at radius 2 is 0.968 bits per heavy atom. The van der Waals surface area contributed by atoms with Gasteiger partial charge in [-0.3, -0.25) is 0 Å². The predicted octanol–water partition coefficient (Wildman–Crippen LogP) is 4.82. The molecule has 2 saturated heterocycles. The number of fused-ring (bicyclic) bond motifs is 2. The Labute approximate surface area is 225 Å². The number of piperidine rings is 2. The first-order chi connectivity index (χ1) is 14.6. The second-order valence-corrected chi connectivity index (χ2v) is 15.2. The molecule has 0 bridgehead atoms. The summed E-state index contributed by atoms with van der Waals surface area (Å²) in [5, 5.41) is 26.6. The van der Waals surface area contributed by atoms with Crippen molar-refractivity contribution < 1.29 is 31.1 Å². The first-order valence-corrected chi connectivity index (χ1v) is 19.1. The molecule has 0 aromatic heterocycles. The number of aliphatic hydroxyl groups excluding tert-OH is 2. The molecule has 4 nitrogen and oxygen atoms in total. The molecule has 2 saturated carbocycles. The molecule has 31 heavy (non-hydrogen) atoms. The zero-order chi connectivity index (χ0) is 23.3. The summed E-state index contributed by atoms with van der Waals surface area (Å²) in [6.45, 7) is 4.29. The second kappa shape index (κ2) is 14.3. The summed E-state index contributed by atoms with van der Waals surface area (Å²) in [5.74, 6) is 0.774. The standard InChI is InChI=1S/2C10H17Cl2NO.2ClH.Zr/c2*1-5-2-3-6-7(11)4-8(12)10(14)9(6)13-5;;;/h2*5-10,13-14H,2-4H2,1H3;2*1H;/q;;;;+2/p-2. The van der Waals surface area contributed by atoms with Gasteiger partial charge >= 0.3 is 37.9 Å². The quantitative estimate of drug-likeness (QED) is 0.288. The molecular weight excluding hydrogens is 604 g/mol. The fraction of sp³-hybridized carbons (Fsp3) is 1.00. The van der Waals surface area contributed by atoms with E-state index < -0.39 is 33.1 Å². The van der Waals surface area contributed by atoms with Gasteiger partial charge in [-0.25, -0.2) is 0 Å². The Bertz CT molecular complexity index is 498. The first-order valence-electron chi connectivity index (χ1n) is 11.0. The van der Waals surface area contributed by atoms with E-state index in [2.05, 4.69) is 24.5 Å². The number of halogens is 6. The van der Waals surface area contributed by atoms with E-state index in [0.717, 1.165) is 38.5 Å². The van der Waals surface area contributed by atoms with E-state index >= 15 is 0 Å². The van der Waals surface area contributed by atoms with E-state index in [1.54, 1.807) is 0 Å². The van der Waals surface area contributed by atoms with Gasteiger partial charge < -0.3 is 20.8 Å². The zero-order valence-corrected chi connectivity index (χ0v) is 24.8. The molecule has 0 aromatic rings. The fourth-order valence-electron chi connectivity index (χ4n) is 5.34. The van der Waals surface area contributed by atoms with E-state index in [-0.39, 0.29) is 33.6 Å². The number of hydrogen-bond acceptors (Lipinski definition) is 4. The summed E-state index contributed by atoms with van der Waals surface area (Å²) in [5.41, 5.74) is 0. The summed E-state index contributed by atoms with van der Waals surface area (Å²) >= 11 is 23.8. The van der Waals surface area contributed by atoms with E-state index in [9.17, 15) is 10.2 Å². The molecule has 2 aliphatic carbocycles. The van der Waals surface area contributed by atoms with Gasteiger partial charge in [0.2, 0.25) is 0 Å². The van der Waals surface area contributed by atoms with Crippen LogP contribution in [0.15, 0.2) is 0 Å². The average Bonchev–Trinajstić information content (AvgIpc) is 2.71. The molecular formula is C20H34Cl6N2O2Zr. The van der Waals surface area contributed by atoms with Crippen molar-refractivity contribution in [2.24, 2.45) is 11.8 Å². The van der Waals surface area contributed by atoms with Crippen LogP contribution in [-0.2, 0) is 20.8 Å². The Hall–Kier alpha value is 2.46. The summed E-state index contributed by atoms with van der Waals surface area (Å²) in [6, 6.07) is 1.13. The van der Waals surface area contributed by atoms with Gasteiger partial charge in [-0.1, -0.05) is 0 Å². The van der Waals surface area contributed by atoms with Crippen LogP contribution in [0.4, 0.5) is 0 Å². The van der Waals surface area contributed by atoms with Crippen molar-refractivity contribution in [2.45, 2.75) is 110 Å². The number of rotatable bonds is 0. The number of aliphatic hydroxyl groups is 2. The minimum absolute atomic E-state index is 0.0949. The molecule has 12 unspecified atom stereocenters. The van der Waals surface area contributed by atoms with Crippen LogP contribution in [0.1, 0.15) is 52.4 Å². The van der Waals surface area contributed by atoms with E-state index in [1.165, 1.54) is 0 Å². The van der Waals surface area contributed by atoms with Gasteiger partial charge in [-0.2, -0.15) is 0 Å².